The predicted molar refractivity (Wildman–Crippen MR) is 74.2 cm³/mol. The van der Waals surface area contributed by atoms with Crippen LogP contribution < -0.4 is 5.32 Å². The number of pyridine rings is 1. The highest BCUT2D eigenvalue weighted by molar-refractivity contribution is 6.36. The number of aromatic nitrogens is 1. The van der Waals surface area contributed by atoms with Gasteiger partial charge >= 0.3 is 0 Å². The molecule has 1 aromatic heterocycles. The summed E-state index contributed by atoms with van der Waals surface area (Å²) in [4.78, 5) is 4.44. The average molecular weight is 281 g/mol. The van der Waals surface area contributed by atoms with Crippen molar-refractivity contribution in [2.75, 3.05) is 18.5 Å². The Morgan fingerprint density at radius 1 is 1.47 bits per heavy atom. The van der Waals surface area contributed by atoms with Gasteiger partial charge in [-0.05, 0) is 19.1 Å². The number of fused-ring (bicyclic) bond motifs is 2. The van der Waals surface area contributed by atoms with Gasteiger partial charge in [0.05, 0.1) is 29.6 Å². The van der Waals surface area contributed by atoms with E-state index < -0.39 is 0 Å². The molecule has 3 rings (SSSR count). The lowest BCUT2D eigenvalue weighted by Gasteiger charge is -2.22. The lowest BCUT2D eigenvalue weighted by molar-refractivity contribution is 0.110. The second-order valence-corrected chi connectivity index (χ2v) is 4.90. The van der Waals surface area contributed by atoms with Crippen molar-refractivity contribution in [3.8, 4) is 0 Å². The van der Waals surface area contributed by atoms with Crippen LogP contribution in [0.15, 0.2) is 12.1 Å². The first-order chi connectivity index (χ1) is 9.22. The van der Waals surface area contributed by atoms with Crippen LogP contribution in [0.3, 0.4) is 0 Å². The molecule has 19 heavy (non-hydrogen) atoms. The summed E-state index contributed by atoms with van der Waals surface area (Å²) in [6.45, 7) is 3.85. The van der Waals surface area contributed by atoms with E-state index in [0.29, 0.717) is 35.6 Å². The number of halogens is 2. The van der Waals surface area contributed by atoms with Crippen molar-refractivity contribution >= 4 is 28.2 Å². The van der Waals surface area contributed by atoms with Crippen molar-refractivity contribution in [3.63, 3.8) is 0 Å². The summed E-state index contributed by atoms with van der Waals surface area (Å²) in [6.07, 6.45) is 0.704. The average Bonchev–Trinajstić information content (AvgIpc) is 2.43. The Balaban J connectivity index is 2.39. The van der Waals surface area contributed by atoms with Crippen molar-refractivity contribution in [2.24, 2.45) is 0 Å². The van der Waals surface area contributed by atoms with Crippen molar-refractivity contribution < 1.29 is 9.13 Å². The van der Waals surface area contributed by atoms with Gasteiger partial charge < -0.3 is 10.1 Å². The molecule has 0 fully saturated rings. The Hall–Kier alpha value is -1.39. The molecule has 1 aliphatic rings. The number of benzene rings is 1. The maximum absolute atomic E-state index is 14.0. The molecule has 2 heterocycles. The van der Waals surface area contributed by atoms with Crippen molar-refractivity contribution in [1.82, 2.24) is 4.98 Å². The molecule has 0 aliphatic carbocycles. The highest BCUT2D eigenvalue weighted by Gasteiger charge is 2.21. The van der Waals surface area contributed by atoms with Gasteiger partial charge in [-0.2, -0.15) is 0 Å². The van der Waals surface area contributed by atoms with Crippen LogP contribution in [0.1, 0.15) is 18.2 Å². The van der Waals surface area contributed by atoms with Crippen LogP contribution in [-0.4, -0.2) is 18.1 Å². The third-order valence-electron chi connectivity index (χ3n) is 3.31. The summed E-state index contributed by atoms with van der Waals surface area (Å²) >= 11 is 6.22. The molecule has 0 radical (unpaired) electrons. The number of ether oxygens (including phenoxy) is 1. The molecule has 5 heteroatoms. The standard InChI is InChI=1S/C14H14ClFN2O/c1-2-17-13-8-7-19-6-5-11(8)18-14-10(16)4-3-9(15)12(13)14/h3-4H,2,5-7H2,1H3,(H,17,18). The van der Waals surface area contributed by atoms with E-state index in [4.69, 9.17) is 16.3 Å². The van der Waals surface area contributed by atoms with Gasteiger partial charge in [0.2, 0.25) is 0 Å². The molecule has 1 aliphatic heterocycles. The molecule has 1 aromatic carbocycles. The molecule has 0 atom stereocenters. The van der Waals surface area contributed by atoms with Gasteiger partial charge in [0.25, 0.3) is 0 Å². The quantitative estimate of drug-likeness (QED) is 0.914. The van der Waals surface area contributed by atoms with Crippen LogP contribution in [0.5, 0.6) is 0 Å². The van der Waals surface area contributed by atoms with Crippen LogP contribution in [0.4, 0.5) is 10.1 Å². The number of nitrogens with one attached hydrogen (secondary N) is 1. The number of anilines is 1. The Morgan fingerprint density at radius 3 is 3.11 bits per heavy atom. The number of hydrogen-bond acceptors (Lipinski definition) is 3. The zero-order valence-electron chi connectivity index (χ0n) is 10.6. The first-order valence-corrected chi connectivity index (χ1v) is 6.71. The minimum Gasteiger partial charge on any atom is -0.384 e. The summed E-state index contributed by atoms with van der Waals surface area (Å²) < 4.78 is 19.5. The fourth-order valence-electron chi connectivity index (χ4n) is 2.46. The lowest BCUT2D eigenvalue weighted by Crippen LogP contribution is -2.16. The van der Waals surface area contributed by atoms with E-state index in [2.05, 4.69) is 10.3 Å². The number of nitrogens with zero attached hydrogens (tertiary/aromatic N) is 1. The van der Waals surface area contributed by atoms with E-state index in [9.17, 15) is 4.39 Å². The fraction of sp³-hybridized carbons (Fsp3) is 0.357. The van der Waals surface area contributed by atoms with Gasteiger partial charge in [-0.15, -0.1) is 0 Å². The third kappa shape index (κ3) is 2.05. The largest absolute Gasteiger partial charge is 0.384 e. The summed E-state index contributed by atoms with van der Waals surface area (Å²) in [7, 11) is 0. The Bertz CT molecular complexity index is 645. The molecule has 0 unspecified atom stereocenters. The van der Waals surface area contributed by atoms with Crippen molar-refractivity contribution in [1.29, 1.82) is 0 Å². The van der Waals surface area contributed by atoms with E-state index in [1.165, 1.54) is 6.07 Å². The monoisotopic (exact) mass is 280 g/mol. The summed E-state index contributed by atoms with van der Waals surface area (Å²) in [5.74, 6) is -0.340. The number of rotatable bonds is 2. The summed E-state index contributed by atoms with van der Waals surface area (Å²) in [5.41, 5.74) is 3.08. The first kappa shape index (κ1) is 12.6. The van der Waals surface area contributed by atoms with Gasteiger partial charge in [0.1, 0.15) is 11.3 Å². The molecule has 3 nitrogen and oxygen atoms in total. The van der Waals surface area contributed by atoms with Crippen LogP contribution >= 0.6 is 11.6 Å². The van der Waals surface area contributed by atoms with Crippen molar-refractivity contribution in [2.45, 2.75) is 20.0 Å². The van der Waals surface area contributed by atoms with Crippen LogP contribution in [-0.2, 0) is 17.8 Å². The van der Waals surface area contributed by atoms with Gasteiger partial charge in [-0.1, -0.05) is 11.6 Å². The fourth-order valence-corrected chi connectivity index (χ4v) is 2.71. The molecule has 1 N–H and O–H groups in total. The molecule has 2 aromatic rings. The molecule has 0 bridgehead atoms. The second kappa shape index (κ2) is 4.94. The topological polar surface area (TPSA) is 34.2 Å². The van der Waals surface area contributed by atoms with Gasteiger partial charge in [-0.3, -0.25) is 0 Å². The Kier molecular flexibility index (Phi) is 3.29. The summed E-state index contributed by atoms with van der Waals surface area (Å²) in [6, 6.07) is 2.93. The Labute approximate surface area is 115 Å². The molecule has 0 saturated carbocycles. The molecule has 0 spiro atoms. The molecule has 0 amide bonds. The maximum atomic E-state index is 14.0. The molecular weight excluding hydrogens is 267 g/mol. The molecular formula is C14H14ClFN2O. The van der Waals surface area contributed by atoms with E-state index in [-0.39, 0.29) is 5.82 Å². The SMILES string of the molecule is CCNc1c2c(nc3c(F)ccc(Cl)c13)CCOC2. The highest BCUT2D eigenvalue weighted by Crippen LogP contribution is 2.36. The molecule has 0 saturated heterocycles. The summed E-state index contributed by atoms with van der Waals surface area (Å²) in [5, 5.41) is 4.43. The minimum absolute atomic E-state index is 0.337. The highest BCUT2D eigenvalue weighted by atomic mass is 35.5. The van der Waals surface area contributed by atoms with E-state index in [1.54, 1.807) is 6.07 Å². The lowest BCUT2D eigenvalue weighted by atomic mass is 10.0. The van der Waals surface area contributed by atoms with E-state index >= 15 is 0 Å². The van der Waals surface area contributed by atoms with Gasteiger partial charge in [0.15, 0.2) is 0 Å². The zero-order valence-corrected chi connectivity index (χ0v) is 11.4. The maximum Gasteiger partial charge on any atom is 0.149 e. The second-order valence-electron chi connectivity index (χ2n) is 4.50. The first-order valence-electron chi connectivity index (χ1n) is 6.33. The van der Waals surface area contributed by atoms with Crippen molar-refractivity contribution in [3.05, 3.63) is 34.2 Å². The van der Waals surface area contributed by atoms with Crippen LogP contribution in [0.2, 0.25) is 5.02 Å². The van der Waals surface area contributed by atoms with Gasteiger partial charge in [0, 0.05) is 23.9 Å². The zero-order chi connectivity index (χ0) is 13.4. The number of hydrogen-bond donors (Lipinski definition) is 1. The Morgan fingerprint density at radius 2 is 2.32 bits per heavy atom. The smallest absolute Gasteiger partial charge is 0.149 e. The van der Waals surface area contributed by atoms with Crippen LogP contribution in [0.25, 0.3) is 10.9 Å². The predicted octanol–water partition coefficient (Wildman–Crippen LogP) is 3.53. The molecule has 100 valence electrons. The van der Waals surface area contributed by atoms with E-state index in [0.717, 1.165) is 23.5 Å². The third-order valence-corrected chi connectivity index (χ3v) is 3.62. The van der Waals surface area contributed by atoms with E-state index in [1.807, 2.05) is 6.92 Å². The van der Waals surface area contributed by atoms with Gasteiger partial charge in [-0.25, -0.2) is 9.37 Å². The normalized spacial score (nSPS) is 14.5. The minimum atomic E-state index is -0.340. The van der Waals surface area contributed by atoms with Crippen LogP contribution in [0, 0.1) is 5.82 Å².